The highest BCUT2D eigenvalue weighted by Crippen LogP contribution is 2.30. The van der Waals surface area contributed by atoms with Crippen LogP contribution < -0.4 is 0 Å². The average molecular weight is 285 g/mol. The summed E-state index contributed by atoms with van der Waals surface area (Å²) in [6.07, 6.45) is 4.69. The summed E-state index contributed by atoms with van der Waals surface area (Å²) in [5.74, 6) is 0.453. The third-order valence-electron chi connectivity index (χ3n) is 4.63. The quantitative estimate of drug-likeness (QED) is 0.808. The van der Waals surface area contributed by atoms with Crippen LogP contribution in [0.3, 0.4) is 0 Å². The van der Waals surface area contributed by atoms with E-state index in [0.717, 1.165) is 23.8 Å². The summed E-state index contributed by atoms with van der Waals surface area (Å²) >= 11 is 0. The van der Waals surface area contributed by atoms with Crippen LogP contribution in [0.2, 0.25) is 0 Å². The number of carbonyl (C=O) groups excluding carboxylic acids is 1. The molecule has 0 spiro atoms. The first-order valence-corrected chi connectivity index (χ1v) is 7.74. The zero-order valence-electron chi connectivity index (χ0n) is 12.0. The van der Waals surface area contributed by atoms with Crippen LogP contribution in [0.1, 0.15) is 36.2 Å². The topological polar surface area (TPSA) is 42.7 Å². The lowest BCUT2D eigenvalue weighted by Crippen LogP contribution is -2.54. The van der Waals surface area contributed by atoms with Crippen molar-refractivity contribution >= 4 is 16.9 Å². The van der Waals surface area contributed by atoms with E-state index >= 15 is 0 Å². The Morgan fingerprint density at radius 2 is 2.05 bits per heavy atom. The molecule has 0 radical (unpaired) electrons. The second-order valence-corrected chi connectivity index (χ2v) is 5.91. The Morgan fingerprint density at radius 1 is 1.19 bits per heavy atom. The number of carbonyl (C=O) groups is 1. The van der Waals surface area contributed by atoms with Gasteiger partial charge in [-0.25, -0.2) is 0 Å². The highest BCUT2D eigenvalue weighted by molar-refractivity contribution is 5.96. The minimum atomic E-state index is 0.00593. The van der Waals surface area contributed by atoms with Gasteiger partial charge >= 0.3 is 0 Å². The fraction of sp³-hybridized carbons (Fsp3) is 0.471. The van der Waals surface area contributed by atoms with E-state index in [2.05, 4.69) is 0 Å². The van der Waals surface area contributed by atoms with Gasteiger partial charge in [-0.15, -0.1) is 0 Å². The number of morpholine rings is 1. The molecule has 21 heavy (non-hydrogen) atoms. The van der Waals surface area contributed by atoms with E-state index in [0.29, 0.717) is 18.9 Å². The van der Waals surface area contributed by atoms with Gasteiger partial charge in [0.2, 0.25) is 0 Å². The molecule has 1 aliphatic carbocycles. The largest absolute Gasteiger partial charge is 0.451 e. The number of para-hydroxylation sites is 1. The van der Waals surface area contributed by atoms with Crippen LogP contribution >= 0.6 is 0 Å². The van der Waals surface area contributed by atoms with Gasteiger partial charge < -0.3 is 14.1 Å². The first kappa shape index (κ1) is 12.9. The molecule has 0 unspecified atom stereocenters. The second kappa shape index (κ2) is 5.19. The molecule has 1 aromatic heterocycles. The lowest BCUT2D eigenvalue weighted by molar-refractivity contribution is -0.0759. The van der Waals surface area contributed by atoms with E-state index in [9.17, 15) is 4.79 Å². The van der Waals surface area contributed by atoms with Crippen LogP contribution in [-0.2, 0) is 4.74 Å². The molecule has 0 bridgehead atoms. The van der Waals surface area contributed by atoms with Gasteiger partial charge in [0.25, 0.3) is 5.91 Å². The van der Waals surface area contributed by atoms with E-state index in [-0.39, 0.29) is 18.1 Å². The van der Waals surface area contributed by atoms with Crippen molar-refractivity contribution in [3.05, 3.63) is 36.1 Å². The fourth-order valence-corrected chi connectivity index (χ4v) is 3.58. The van der Waals surface area contributed by atoms with Crippen LogP contribution in [-0.4, -0.2) is 36.1 Å². The van der Waals surface area contributed by atoms with Crippen LogP contribution in [0.25, 0.3) is 11.0 Å². The molecule has 2 aliphatic rings. The number of rotatable bonds is 1. The number of hydrogen-bond acceptors (Lipinski definition) is 3. The molecule has 2 atom stereocenters. The van der Waals surface area contributed by atoms with Gasteiger partial charge in [-0.2, -0.15) is 0 Å². The summed E-state index contributed by atoms with van der Waals surface area (Å²) in [6, 6.07) is 9.82. The first-order valence-electron chi connectivity index (χ1n) is 7.74. The Morgan fingerprint density at radius 3 is 2.95 bits per heavy atom. The normalized spacial score (nSPS) is 25.8. The number of ether oxygens (including phenoxy) is 1. The van der Waals surface area contributed by atoms with Gasteiger partial charge in [-0.3, -0.25) is 4.79 Å². The van der Waals surface area contributed by atoms with Gasteiger partial charge in [-0.05, 0) is 25.0 Å². The van der Waals surface area contributed by atoms with Gasteiger partial charge in [0.05, 0.1) is 18.8 Å². The smallest absolute Gasteiger partial charge is 0.290 e. The summed E-state index contributed by atoms with van der Waals surface area (Å²) < 4.78 is 11.6. The summed E-state index contributed by atoms with van der Waals surface area (Å²) in [5.41, 5.74) is 0.773. The molecule has 2 heterocycles. The molecule has 110 valence electrons. The summed E-state index contributed by atoms with van der Waals surface area (Å²) in [6.45, 7) is 1.30. The molecular weight excluding hydrogens is 266 g/mol. The van der Waals surface area contributed by atoms with Crippen LogP contribution in [0.5, 0.6) is 0 Å². The maximum absolute atomic E-state index is 12.8. The van der Waals surface area contributed by atoms with Crippen molar-refractivity contribution in [2.45, 2.75) is 37.8 Å². The maximum atomic E-state index is 12.8. The van der Waals surface area contributed by atoms with Gasteiger partial charge in [0, 0.05) is 11.9 Å². The first-order chi connectivity index (χ1) is 10.3. The van der Waals surface area contributed by atoms with Gasteiger partial charge in [0.15, 0.2) is 5.76 Å². The minimum Gasteiger partial charge on any atom is -0.451 e. The number of amides is 1. The van der Waals surface area contributed by atoms with Gasteiger partial charge in [-0.1, -0.05) is 31.0 Å². The van der Waals surface area contributed by atoms with Gasteiger partial charge in [0.1, 0.15) is 5.58 Å². The maximum Gasteiger partial charge on any atom is 0.290 e. The zero-order valence-corrected chi connectivity index (χ0v) is 12.0. The molecule has 2 fully saturated rings. The highest BCUT2D eigenvalue weighted by Gasteiger charge is 2.37. The molecule has 4 nitrogen and oxygen atoms in total. The zero-order chi connectivity index (χ0) is 14.2. The monoisotopic (exact) mass is 285 g/mol. The highest BCUT2D eigenvalue weighted by atomic mass is 16.5. The molecular formula is C17H19NO3. The van der Waals surface area contributed by atoms with Crippen LogP contribution in [0.4, 0.5) is 0 Å². The second-order valence-electron chi connectivity index (χ2n) is 5.91. The van der Waals surface area contributed by atoms with Crippen molar-refractivity contribution in [1.82, 2.24) is 4.90 Å². The van der Waals surface area contributed by atoms with E-state index < -0.39 is 0 Å². The number of furan rings is 1. The lowest BCUT2D eigenvalue weighted by Gasteiger charge is -2.43. The molecule has 1 saturated heterocycles. The van der Waals surface area contributed by atoms with Crippen molar-refractivity contribution in [2.75, 3.05) is 13.2 Å². The van der Waals surface area contributed by atoms with Crippen LogP contribution in [0.15, 0.2) is 34.7 Å². The molecule has 4 heteroatoms. The Bertz CT molecular complexity index is 628. The average Bonchev–Trinajstić information content (AvgIpc) is 2.97. The molecule has 4 rings (SSSR count). The number of fused-ring (bicyclic) bond motifs is 2. The van der Waals surface area contributed by atoms with Crippen molar-refractivity contribution in [3.8, 4) is 0 Å². The third-order valence-corrected chi connectivity index (χ3v) is 4.63. The Hall–Kier alpha value is -1.81. The predicted octanol–water partition coefficient (Wildman–Crippen LogP) is 3.22. The lowest BCUT2D eigenvalue weighted by atomic mass is 9.90. The van der Waals surface area contributed by atoms with Crippen molar-refractivity contribution in [1.29, 1.82) is 0 Å². The standard InChI is InChI=1S/C17H19NO3/c19-17(16-11-12-5-1-3-7-14(12)21-16)18-9-10-20-15-8-4-2-6-13(15)18/h1,3,5,7,11,13,15H,2,4,6,8-10H2/t13-,15+/m1/s1. The van der Waals surface area contributed by atoms with Crippen molar-refractivity contribution in [2.24, 2.45) is 0 Å². The molecule has 1 saturated carbocycles. The summed E-state index contributed by atoms with van der Waals surface area (Å²) in [5, 5.41) is 0.981. The fourth-order valence-electron chi connectivity index (χ4n) is 3.58. The predicted molar refractivity (Wildman–Crippen MR) is 79.2 cm³/mol. The molecule has 1 amide bonds. The van der Waals surface area contributed by atoms with E-state index in [4.69, 9.17) is 9.15 Å². The minimum absolute atomic E-state index is 0.00593. The van der Waals surface area contributed by atoms with E-state index in [1.54, 1.807) is 0 Å². The Labute approximate surface area is 123 Å². The number of nitrogens with zero attached hydrogens (tertiary/aromatic N) is 1. The van der Waals surface area contributed by atoms with E-state index in [1.807, 2.05) is 35.2 Å². The van der Waals surface area contributed by atoms with E-state index in [1.165, 1.54) is 12.8 Å². The Balaban J connectivity index is 1.63. The van der Waals surface area contributed by atoms with Crippen LogP contribution in [0, 0.1) is 0 Å². The summed E-state index contributed by atoms with van der Waals surface area (Å²) in [7, 11) is 0. The molecule has 2 aromatic rings. The van der Waals surface area contributed by atoms with Crippen molar-refractivity contribution in [3.63, 3.8) is 0 Å². The number of benzene rings is 1. The summed E-state index contributed by atoms with van der Waals surface area (Å²) in [4.78, 5) is 14.8. The molecule has 1 aliphatic heterocycles. The Kier molecular flexibility index (Phi) is 3.19. The number of hydrogen-bond donors (Lipinski definition) is 0. The third kappa shape index (κ3) is 2.23. The SMILES string of the molecule is O=C(c1cc2ccccc2o1)N1CCO[C@H]2CCCC[C@H]21. The molecule has 0 N–H and O–H groups in total. The molecule has 1 aromatic carbocycles. The van der Waals surface area contributed by atoms with Crippen molar-refractivity contribution < 1.29 is 13.9 Å².